The number of carbonyl (C=O) groups is 2. The second-order valence-electron chi connectivity index (χ2n) is 4.16. The zero-order valence-corrected chi connectivity index (χ0v) is 12.8. The van der Waals surface area contributed by atoms with Gasteiger partial charge in [-0.05, 0) is 6.07 Å². The molecule has 0 amide bonds. The summed E-state index contributed by atoms with van der Waals surface area (Å²) in [5.74, 6) is -2.51. The molecule has 0 saturated carbocycles. The van der Waals surface area contributed by atoms with Crippen LogP contribution in [-0.2, 0) is 19.6 Å². The monoisotopic (exact) mass is 321 g/mol. The SMILES string of the molecule is COC(=O)c1cc(S(=O)(=O)N(C)CC(C)C(=O)O)cs1. The fourth-order valence-corrected chi connectivity index (χ4v) is 3.84. The van der Waals surface area contributed by atoms with Crippen molar-refractivity contribution in [3.8, 4) is 0 Å². The van der Waals surface area contributed by atoms with Crippen LogP contribution >= 0.6 is 11.3 Å². The topological polar surface area (TPSA) is 101 Å². The van der Waals surface area contributed by atoms with E-state index >= 15 is 0 Å². The van der Waals surface area contributed by atoms with E-state index in [0.717, 1.165) is 15.6 Å². The molecule has 0 fully saturated rings. The van der Waals surface area contributed by atoms with Gasteiger partial charge in [0.2, 0.25) is 10.0 Å². The van der Waals surface area contributed by atoms with Crippen LogP contribution in [0.2, 0.25) is 0 Å². The number of methoxy groups -OCH3 is 1. The molecule has 0 aliphatic rings. The highest BCUT2D eigenvalue weighted by atomic mass is 32.2. The van der Waals surface area contributed by atoms with E-state index in [0.29, 0.717) is 0 Å². The van der Waals surface area contributed by atoms with E-state index in [9.17, 15) is 18.0 Å². The quantitative estimate of drug-likeness (QED) is 0.780. The van der Waals surface area contributed by atoms with Crippen LogP contribution in [0.15, 0.2) is 16.3 Å². The second-order valence-corrected chi connectivity index (χ2v) is 7.12. The number of carboxylic acids is 1. The van der Waals surface area contributed by atoms with Gasteiger partial charge < -0.3 is 9.84 Å². The third-order valence-corrected chi connectivity index (χ3v) is 5.48. The van der Waals surface area contributed by atoms with Crippen molar-refractivity contribution in [2.24, 2.45) is 5.92 Å². The van der Waals surface area contributed by atoms with E-state index in [-0.39, 0.29) is 16.3 Å². The summed E-state index contributed by atoms with van der Waals surface area (Å²) in [6.45, 7) is 1.27. The Balaban J connectivity index is 2.96. The Labute approximate surface area is 120 Å². The van der Waals surface area contributed by atoms with E-state index in [4.69, 9.17) is 5.11 Å². The van der Waals surface area contributed by atoms with Crippen LogP contribution in [0.1, 0.15) is 16.6 Å². The maximum atomic E-state index is 12.2. The van der Waals surface area contributed by atoms with Crippen LogP contribution in [0.5, 0.6) is 0 Å². The number of esters is 1. The molecule has 7 nitrogen and oxygen atoms in total. The summed E-state index contributed by atoms with van der Waals surface area (Å²) >= 11 is 0.955. The number of rotatable bonds is 6. The minimum atomic E-state index is -3.82. The maximum absolute atomic E-state index is 12.2. The number of aliphatic carboxylic acids is 1. The van der Waals surface area contributed by atoms with E-state index in [1.54, 1.807) is 0 Å². The van der Waals surface area contributed by atoms with Crippen LogP contribution in [0.4, 0.5) is 0 Å². The molecular formula is C11H15NO6S2. The minimum Gasteiger partial charge on any atom is -0.481 e. The lowest BCUT2D eigenvalue weighted by Crippen LogP contribution is -2.33. The largest absolute Gasteiger partial charge is 0.481 e. The summed E-state index contributed by atoms with van der Waals surface area (Å²) < 4.78 is 29.9. The molecule has 0 bridgehead atoms. The van der Waals surface area contributed by atoms with Gasteiger partial charge in [-0.15, -0.1) is 11.3 Å². The lowest BCUT2D eigenvalue weighted by atomic mass is 10.2. The number of thiophene rings is 1. The Bertz CT molecular complexity index is 606. The van der Waals surface area contributed by atoms with Crippen LogP contribution < -0.4 is 0 Å². The zero-order chi connectivity index (χ0) is 15.5. The van der Waals surface area contributed by atoms with Gasteiger partial charge in [-0.2, -0.15) is 0 Å². The fourth-order valence-electron chi connectivity index (χ4n) is 1.40. The number of carboxylic acid groups (broad SMARTS) is 1. The Hall–Kier alpha value is -1.45. The highest BCUT2D eigenvalue weighted by Crippen LogP contribution is 2.23. The summed E-state index contributed by atoms with van der Waals surface area (Å²) in [5.41, 5.74) is 0. The zero-order valence-electron chi connectivity index (χ0n) is 11.2. The molecule has 1 heterocycles. The number of hydrogen-bond acceptors (Lipinski definition) is 6. The first-order valence-electron chi connectivity index (χ1n) is 5.56. The van der Waals surface area contributed by atoms with Gasteiger partial charge >= 0.3 is 11.9 Å². The number of hydrogen-bond donors (Lipinski definition) is 1. The smallest absolute Gasteiger partial charge is 0.348 e. The number of carbonyl (C=O) groups excluding carboxylic acids is 1. The van der Waals surface area contributed by atoms with Crippen molar-refractivity contribution >= 4 is 33.3 Å². The molecule has 1 unspecified atom stereocenters. The fraction of sp³-hybridized carbons (Fsp3) is 0.455. The van der Waals surface area contributed by atoms with Gasteiger partial charge in [-0.25, -0.2) is 17.5 Å². The molecule has 0 aliphatic carbocycles. The van der Waals surface area contributed by atoms with Crippen molar-refractivity contribution in [1.29, 1.82) is 0 Å². The Morgan fingerprint density at radius 3 is 2.60 bits per heavy atom. The summed E-state index contributed by atoms with van der Waals surface area (Å²) in [6, 6.07) is 1.22. The first-order chi connectivity index (χ1) is 9.20. The van der Waals surface area contributed by atoms with Crippen LogP contribution in [0.25, 0.3) is 0 Å². The molecule has 1 N–H and O–H groups in total. The predicted octanol–water partition coefficient (Wildman–Crippen LogP) is 0.876. The summed E-state index contributed by atoms with van der Waals surface area (Å²) in [7, 11) is -1.31. The van der Waals surface area contributed by atoms with E-state index in [1.165, 1.54) is 32.5 Å². The Kier molecular flexibility index (Phi) is 5.26. The highest BCUT2D eigenvalue weighted by molar-refractivity contribution is 7.89. The van der Waals surface area contributed by atoms with Crippen molar-refractivity contribution in [2.75, 3.05) is 20.7 Å². The van der Waals surface area contributed by atoms with Crippen molar-refractivity contribution in [2.45, 2.75) is 11.8 Å². The average molecular weight is 321 g/mol. The molecule has 1 aromatic rings. The molecule has 1 atom stereocenters. The predicted molar refractivity (Wildman–Crippen MR) is 72.3 cm³/mol. The first-order valence-corrected chi connectivity index (χ1v) is 7.88. The summed E-state index contributed by atoms with van der Waals surface area (Å²) in [4.78, 5) is 22.2. The maximum Gasteiger partial charge on any atom is 0.348 e. The summed E-state index contributed by atoms with van der Waals surface area (Å²) in [5, 5.41) is 10.1. The minimum absolute atomic E-state index is 0.0528. The number of ether oxygens (including phenoxy) is 1. The van der Waals surface area contributed by atoms with Gasteiger partial charge in [-0.3, -0.25) is 4.79 Å². The molecule has 1 rings (SSSR count). The average Bonchev–Trinajstić information content (AvgIpc) is 2.87. The number of nitrogens with zero attached hydrogens (tertiary/aromatic N) is 1. The molecule has 0 radical (unpaired) electrons. The molecule has 1 aromatic heterocycles. The third-order valence-electron chi connectivity index (χ3n) is 2.62. The van der Waals surface area contributed by atoms with Crippen LogP contribution in [0, 0.1) is 5.92 Å². The molecule has 20 heavy (non-hydrogen) atoms. The van der Waals surface area contributed by atoms with Crippen LogP contribution in [0.3, 0.4) is 0 Å². The van der Waals surface area contributed by atoms with Gasteiger partial charge in [0.25, 0.3) is 0 Å². The van der Waals surface area contributed by atoms with E-state index in [2.05, 4.69) is 4.74 Å². The number of sulfonamides is 1. The third kappa shape index (κ3) is 3.56. The van der Waals surface area contributed by atoms with Gasteiger partial charge in [0.05, 0.1) is 17.9 Å². The Morgan fingerprint density at radius 2 is 2.10 bits per heavy atom. The van der Waals surface area contributed by atoms with Crippen molar-refractivity contribution in [3.05, 3.63) is 16.3 Å². The second kappa shape index (κ2) is 6.33. The van der Waals surface area contributed by atoms with E-state index in [1.807, 2.05) is 0 Å². The molecule has 0 aliphatic heterocycles. The highest BCUT2D eigenvalue weighted by Gasteiger charge is 2.26. The molecular weight excluding hydrogens is 306 g/mol. The molecule has 0 aromatic carbocycles. The van der Waals surface area contributed by atoms with Crippen molar-refractivity contribution in [3.63, 3.8) is 0 Å². The molecule has 0 spiro atoms. The van der Waals surface area contributed by atoms with Gasteiger partial charge in [-0.1, -0.05) is 6.92 Å². The summed E-state index contributed by atoms with van der Waals surface area (Å²) in [6.07, 6.45) is 0. The van der Waals surface area contributed by atoms with Gasteiger partial charge in [0.1, 0.15) is 4.88 Å². The van der Waals surface area contributed by atoms with Crippen LogP contribution in [-0.4, -0.2) is 50.5 Å². The lowest BCUT2D eigenvalue weighted by molar-refractivity contribution is -0.141. The van der Waals surface area contributed by atoms with Crippen molar-refractivity contribution < 1.29 is 27.9 Å². The lowest BCUT2D eigenvalue weighted by Gasteiger charge is -2.18. The molecule has 9 heteroatoms. The van der Waals surface area contributed by atoms with Crippen molar-refractivity contribution in [1.82, 2.24) is 4.31 Å². The molecule has 0 saturated heterocycles. The Morgan fingerprint density at radius 1 is 1.50 bits per heavy atom. The first kappa shape index (κ1) is 16.6. The normalized spacial score (nSPS) is 13.2. The van der Waals surface area contributed by atoms with Gasteiger partial charge in [0.15, 0.2) is 0 Å². The van der Waals surface area contributed by atoms with E-state index < -0.39 is 27.9 Å². The standard InChI is InChI=1S/C11H15NO6S2/c1-7(10(13)14)5-12(2)20(16,17)8-4-9(19-6-8)11(15)18-3/h4,6-7H,5H2,1-3H3,(H,13,14). The molecule has 112 valence electrons. The van der Waals surface area contributed by atoms with Gasteiger partial charge in [0, 0.05) is 19.0 Å².